The van der Waals surface area contributed by atoms with E-state index in [1.54, 1.807) is 10.8 Å². The summed E-state index contributed by atoms with van der Waals surface area (Å²) in [5.41, 5.74) is 2.66. The van der Waals surface area contributed by atoms with Crippen molar-refractivity contribution in [1.29, 1.82) is 0 Å². The van der Waals surface area contributed by atoms with Crippen LogP contribution in [0.3, 0.4) is 0 Å². The van der Waals surface area contributed by atoms with Crippen LogP contribution in [0.5, 0.6) is 0 Å². The number of aryl methyl sites for hydroxylation is 2. The third kappa shape index (κ3) is 3.94. The Bertz CT molecular complexity index is 532. The summed E-state index contributed by atoms with van der Waals surface area (Å²) in [7, 11) is 1.83. The molecular weight excluding hydrogens is 258 g/mol. The quantitative estimate of drug-likeness (QED) is 0.771. The Kier molecular flexibility index (Phi) is 5.49. The number of hydrogen-bond donors (Lipinski definition) is 2. The van der Waals surface area contributed by atoms with Crippen molar-refractivity contribution in [2.75, 3.05) is 0 Å². The van der Waals surface area contributed by atoms with Gasteiger partial charge in [0.05, 0.1) is 5.69 Å². The molecule has 20 heavy (non-hydrogen) atoms. The minimum atomic E-state index is -1.01. The van der Waals surface area contributed by atoms with Crippen molar-refractivity contribution in [1.82, 2.24) is 15.1 Å². The smallest absolute Gasteiger partial charge is 0.326 e. The summed E-state index contributed by atoms with van der Waals surface area (Å²) in [5, 5.41) is 15.7. The molecule has 0 aliphatic rings. The number of carboxylic acid groups (broad SMARTS) is 1. The Morgan fingerprint density at radius 2 is 2.10 bits per heavy atom. The first-order chi connectivity index (χ1) is 9.36. The van der Waals surface area contributed by atoms with Crippen molar-refractivity contribution in [3.63, 3.8) is 0 Å². The van der Waals surface area contributed by atoms with Crippen LogP contribution in [0.25, 0.3) is 6.08 Å². The van der Waals surface area contributed by atoms with Crippen molar-refractivity contribution in [2.24, 2.45) is 7.05 Å². The highest BCUT2D eigenvalue weighted by Gasteiger charge is 2.17. The van der Waals surface area contributed by atoms with Gasteiger partial charge in [0.2, 0.25) is 5.91 Å². The highest BCUT2D eigenvalue weighted by molar-refractivity contribution is 5.94. The second-order valence-electron chi connectivity index (χ2n) is 4.73. The van der Waals surface area contributed by atoms with Gasteiger partial charge in [-0.2, -0.15) is 5.10 Å². The Morgan fingerprint density at radius 3 is 2.55 bits per heavy atom. The van der Waals surface area contributed by atoms with Gasteiger partial charge in [0, 0.05) is 24.4 Å². The maximum Gasteiger partial charge on any atom is 0.326 e. The van der Waals surface area contributed by atoms with Crippen molar-refractivity contribution in [3.05, 3.63) is 23.0 Å². The summed E-state index contributed by atoms with van der Waals surface area (Å²) in [6.07, 6.45) is 4.13. The zero-order valence-corrected chi connectivity index (χ0v) is 12.3. The van der Waals surface area contributed by atoms with Crippen molar-refractivity contribution < 1.29 is 14.7 Å². The number of carbonyl (C=O) groups excluding carboxylic acids is 1. The number of aliphatic carboxylic acids is 1. The number of carbonyl (C=O) groups is 2. The van der Waals surface area contributed by atoms with Crippen LogP contribution in [0.2, 0.25) is 0 Å². The van der Waals surface area contributed by atoms with E-state index in [0.29, 0.717) is 12.8 Å². The molecule has 6 nitrogen and oxygen atoms in total. The van der Waals surface area contributed by atoms with E-state index < -0.39 is 17.9 Å². The Labute approximate surface area is 118 Å². The van der Waals surface area contributed by atoms with Crippen molar-refractivity contribution in [3.8, 4) is 0 Å². The summed E-state index contributed by atoms with van der Waals surface area (Å²) >= 11 is 0. The second-order valence-corrected chi connectivity index (χ2v) is 4.73. The van der Waals surface area contributed by atoms with Gasteiger partial charge in [0.15, 0.2) is 0 Å². The van der Waals surface area contributed by atoms with Gasteiger partial charge in [-0.05, 0) is 26.3 Å². The van der Waals surface area contributed by atoms with E-state index in [1.165, 1.54) is 6.08 Å². The third-order valence-electron chi connectivity index (χ3n) is 3.16. The summed E-state index contributed by atoms with van der Waals surface area (Å²) < 4.78 is 1.74. The van der Waals surface area contributed by atoms with Gasteiger partial charge in [-0.1, -0.05) is 13.3 Å². The van der Waals surface area contributed by atoms with E-state index in [2.05, 4.69) is 10.4 Å². The maximum atomic E-state index is 11.7. The molecule has 2 N–H and O–H groups in total. The monoisotopic (exact) mass is 279 g/mol. The third-order valence-corrected chi connectivity index (χ3v) is 3.16. The number of hydrogen-bond acceptors (Lipinski definition) is 3. The molecule has 0 unspecified atom stereocenters. The van der Waals surface area contributed by atoms with Gasteiger partial charge >= 0.3 is 5.97 Å². The lowest BCUT2D eigenvalue weighted by Crippen LogP contribution is -2.39. The molecule has 1 amide bonds. The van der Waals surface area contributed by atoms with Gasteiger partial charge < -0.3 is 10.4 Å². The molecule has 6 heteroatoms. The average molecular weight is 279 g/mol. The summed E-state index contributed by atoms with van der Waals surface area (Å²) in [6, 6.07) is -0.840. The van der Waals surface area contributed by atoms with Gasteiger partial charge in [-0.3, -0.25) is 9.48 Å². The molecule has 110 valence electrons. The zero-order chi connectivity index (χ0) is 15.3. The molecule has 0 radical (unpaired) electrons. The predicted molar refractivity (Wildman–Crippen MR) is 76.2 cm³/mol. The van der Waals surface area contributed by atoms with Crippen LogP contribution in [0.1, 0.15) is 36.7 Å². The molecule has 0 spiro atoms. The average Bonchev–Trinajstić information content (AvgIpc) is 2.60. The van der Waals surface area contributed by atoms with Crippen LogP contribution < -0.4 is 5.32 Å². The summed E-state index contributed by atoms with van der Waals surface area (Å²) in [4.78, 5) is 22.7. The van der Waals surface area contributed by atoms with E-state index in [4.69, 9.17) is 5.11 Å². The number of amides is 1. The molecule has 0 aliphatic carbocycles. The van der Waals surface area contributed by atoms with E-state index in [-0.39, 0.29) is 0 Å². The lowest BCUT2D eigenvalue weighted by molar-refractivity contribution is -0.141. The second kappa shape index (κ2) is 6.88. The highest BCUT2D eigenvalue weighted by atomic mass is 16.4. The fourth-order valence-corrected chi connectivity index (χ4v) is 1.96. The van der Waals surface area contributed by atoms with E-state index >= 15 is 0 Å². The molecule has 1 heterocycles. The SMILES string of the molecule is CCC[C@@H](NC(=O)/C=C/c1c(C)nn(C)c1C)C(=O)O. The van der Waals surface area contributed by atoms with Crippen LogP contribution in [0, 0.1) is 13.8 Å². The minimum absolute atomic E-state index is 0.409. The molecule has 1 aromatic rings. The first kappa shape index (κ1) is 15.9. The number of aromatic nitrogens is 2. The topological polar surface area (TPSA) is 84.2 Å². The molecule has 1 atom stereocenters. The van der Waals surface area contributed by atoms with Crippen molar-refractivity contribution in [2.45, 2.75) is 39.7 Å². The predicted octanol–water partition coefficient (Wildman–Crippen LogP) is 1.42. The fourth-order valence-electron chi connectivity index (χ4n) is 1.96. The zero-order valence-electron chi connectivity index (χ0n) is 12.3. The van der Waals surface area contributed by atoms with Gasteiger partial charge in [0.1, 0.15) is 6.04 Å². The molecule has 0 saturated carbocycles. The number of nitrogens with one attached hydrogen (secondary N) is 1. The van der Waals surface area contributed by atoms with Crippen molar-refractivity contribution >= 4 is 18.0 Å². The van der Waals surface area contributed by atoms with Gasteiger partial charge in [-0.25, -0.2) is 4.79 Å². The molecule has 1 rings (SSSR count). The lowest BCUT2D eigenvalue weighted by Gasteiger charge is -2.11. The van der Waals surface area contributed by atoms with Crippen LogP contribution in [0.15, 0.2) is 6.08 Å². The van der Waals surface area contributed by atoms with E-state index in [9.17, 15) is 9.59 Å². The first-order valence-corrected chi connectivity index (χ1v) is 6.58. The van der Waals surface area contributed by atoms with Gasteiger partial charge in [0.25, 0.3) is 0 Å². The Balaban J connectivity index is 2.74. The normalized spacial score (nSPS) is 12.6. The van der Waals surface area contributed by atoms with Crippen LogP contribution in [-0.4, -0.2) is 32.8 Å². The Hall–Kier alpha value is -2.11. The molecule has 0 aliphatic heterocycles. The van der Waals surface area contributed by atoms with Crippen LogP contribution in [-0.2, 0) is 16.6 Å². The highest BCUT2D eigenvalue weighted by Crippen LogP contribution is 2.13. The lowest BCUT2D eigenvalue weighted by atomic mass is 10.1. The largest absolute Gasteiger partial charge is 0.480 e. The van der Waals surface area contributed by atoms with Crippen LogP contribution in [0.4, 0.5) is 0 Å². The minimum Gasteiger partial charge on any atom is -0.480 e. The van der Waals surface area contributed by atoms with E-state index in [0.717, 1.165) is 17.0 Å². The number of carboxylic acids is 1. The Morgan fingerprint density at radius 1 is 1.45 bits per heavy atom. The summed E-state index contributed by atoms with van der Waals surface area (Å²) in [6.45, 7) is 5.65. The molecule has 0 fully saturated rings. The number of rotatable bonds is 6. The fraction of sp³-hybridized carbons (Fsp3) is 0.500. The molecule has 0 aromatic carbocycles. The number of nitrogens with zero attached hydrogens (tertiary/aromatic N) is 2. The summed E-state index contributed by atoms with van der Waals surface area (Å²) in [5.74, 6) is -1.42. The molecular formula is C14H21N3O3. The van der Waals surface area contributed by atoms with E-state index in [1.807, 2.05) is 27.8 Å². The van der Waals surface area contributed by atoms with Gasteiger partial charge in [-0.15, -0.1) is 0 Å². The maximum absolute atomic E-state index is 11.7. The van der Waals surface area contributed by atoms with Crippen LogP contribution >= 0.6 is 0 Å². The molecule has 0 bridgehead atoms. The molecule has 1 aromatic heterocycles. The molecule has 0 saturated heterocycles. The standard InChI is InChI=1S/C14H21N3O3/c1-5-6-12(14(19)20)15-13(18)8-7-11-9(2)16-17(4)10(11)3/h7-8,12H,5-6H2,1-4H3,(H,15,18)(H,19,20)/b8-7+/t12-/m1/s1. The first-order valence-electron chi connectivity index (χ1n) is 6.58.